The molecular formula is C21H19NO5. The molecule has 138 valence electrons. The van der Waals surface area contributed by atoms with E-state index >= 15 is 0 Å². The number of benzene rings is 2. The summed E-state index contributed by atoms with van der Waals surface area (Å²) in [6.45, 7) is 0.561. The number of esters is 1. The highest BCUT2D eigenvalue weighted by atomic mass is 16.7. The van der Waals surface area contributed by atoms with Crippen molar-refractivity contribution in [1.82, 2.24) is 0 Å². The third-order valence-corrected chi connectivity index (χ3v) is 4.56. The highest BCUT2D eigenvalue weighted by molar-refractivity contribution is 5.97. The number of ether oxygens (including phenoxy) is 3. The molecule has 0 unspecified atom stereocenters. The number of anilines is 1. The SMILES string of the molecule is O=C(/C=C/c1ccc2c(c1)OCO2)OCC(=O)N1CCCc2ccccc21. The van der Waals surface area contributed by atoms with Crippen molar-refractivity contribution < 1.29 is 23.8 Å². The minimum atomic E-state index is -0.564. The highest BCUT2D eigenvalue weighted by Crippen LogP contribution is 2.32. The Balaban J connectivity index is 1.34. The lowest BCUT2D eigenvalue weighted by Gasteiger charge is -2.29. The van der Waals surface area contributed by atoms with Crippen molar-refractivity contribution in [2.24, 2.45) is 0 Å². The molecule has 2 aromatic carbocycles. The molecule has 27 heavy (non-hydrogen) atoms. The number of amides is 1. The van der Waals surface area contributed by atoms with Crippen molar-refractivity contribution >= 4 is 23.6 Å². The Bertz CT molecular complexity index is 905. The summed E-state index contributed by atoms with van der Waals surface area (Å²) in [6, 6.07) is 13.2. The molecule has 1 amide bonds. The topological polar surface area (TPSA) is 65.1 Å². The Hall–Kier alpha value is -3.28. The Morgan fingerprint density at radius 3 is 2.89 bits per heavy atom. The van der Waals surface area contributed by atoms with Gasteiger partial charge in [0.2, 0.25) is 6.79 Å². The van der Waals surface area contributed by atoms with E-state index in [4.69, 9.17) is 14.2 Å². The van der Waals surface area contributed by atoms with Crippen LogP contribution < -0.4 is 14.4 Å². The fourth-order valence-electron chi connectivity index (χ4n) is 3.23. The van der Waals surface area contributed by atoms with Crippen molar-refractivity contribution in [3.8, 4) is 11.5 Å². The lowest BCUT2D eigenvalue weighted by atomic mass is 10.0. The van der Waals surface area contributed by atoms with Gasteiger partial charge >= 0.3 is 5.97 Å². The number of hydrogen-bond acceptors (Lipinski definition) is 5. The first-order valence-electron chi connectivity index (χ1n) is 8.83. The van der Waals surface area contributed by atoms with Gasteiger partial charge in [-0.15, -0.1) is 0 Å². The summed E-state index contributed by atoms with van der Waals surface area (Å²) in [6.07, 6.45) is 4.78. The predicted molar refractivity (Wildman–Crippen MR) is 99.7 cm³/mol. The van der Waals surface area contributed by atoms with E-state index < -0.39 is 5.97 Å². The van der Waals surface area contributed by atoms with E-state index in [1.165, 1.54) is 6.08 Å². The van der Waals surface area contributed by atoms with Crippen molar-refractivity contribution in [3.05, 3.63) is 59.7 Å². The zero-order valence-electron chi connectivity index (χ0n) is 14.7. The lowest BCUT2D eigenvalue weighted by Crippen LogP contribution is -2.38. The van der Waals surface area contributed by atoms with E-state index in [2.05, 4.69) is 0 Å². The molecule has 2 aliphatic rings. The molecule has 0 fully saturated rings. The molecule has 2 aliphatic heterocycles. The number of aryl methyl sites for hydroxylation is 1. The molecule has 0 saturated carbocycles. The van der Waals surface area contributed by atoms with Crippen LogP contribution in [-0.2, 0) is 20.7 Å². The van der Waals surface area contributed by atoms with Gasteiger partial charge in [0, 0.05) is 18.3 Å². The van der Waals surface area contributed by atoms with E-state index in [1.807, 2.05) is 30.3 Å². The van der Waals surface area contributed by atoms with E-state index in [0.717, 1.165) is 29.7 Å². The third-order valence-electron chi connectivity index (χ3n) is 4.56. The van der Waals surface area contributed by atoms with Crippen molar-refractivity contribution in [1.29, 1.82) is 0 Å². The summed E-state index contributed by atoms with van der Waals surface area (Å²) < 4.78 is 15.7. The monoisotopic (exact) mass is 365 g/mol. The minimum Gasteiger partial charge on any atom is -0.454 e. The van der Waals surface area contributed by atoms with Crippen LogP contribution in [0.15, 0.2) is 48.5 Å². The molecule has 0 aliphatic carbocycles. The van der Waals surface area contributed by atoms with Gasteiger partial charge in [0.1, 0.15) is 0 Å². The van der Waals surface area contributed by atoms with Crippen LogP contribution in [0.25, 0.3) is 6.08 Å². The number of nitrogens with zero attached hydrogens (tertiary/aromatic N) is 1. The van der Waals surface area contributed by atoms with Crippen LogP contribution in [0.2, 0.25) is 0 Å². The zero-order valence-corrected chi connectivity index (χ0v) is 14.7. The van der Waals surface area contributed by atoms with Crippen LogP contribution in [0, 0.1) is 0 Å². The predicted octanol–water partition coefficient (Wildman–Crippen LogP) is 2.95. The van der Waals surface area contributed by atoms with Gasteiger partial charge in [0.05, 0.1) is 0 Å². The van der Waals surface area contributed by atoms with Crippen LogP contribution in [0.4, 0.5) is 5.69 Å². The lowest BCUT2D eigenvalue weighted by molar-refractivity contribution is -0.142. The van der Waals surface area contributed by atoms with Gasteiger partial charge in [-0.3, -0.25) is 4.79 Å². The van der Waals surface area contributed by atoms with Gasteiger partial charge in [0.25, 0.3) is 5.91 Å². The van der Waals surface area contributed by atoms with E-state index in [-0.39, 0.29) is 19.3 Å². The maximum atomic E-state index is 12.5. The smallest absolute Gasteiger partial charge is 0.331 e. The largest absolute Gasteiger partial charge is 0.454 e. The summed E-state index contributed by atoms with van der Waals surface area (Å²) in [5, 5.41) is 0. The summed E-state index contributed by atoms with van der Waals surface area (Å²) in [5.41, 5.74) is 2.83. The van der Waals surface area contributed by atoms with Crippen LogP contribution >= 0.6 is 0 Å². The van der Waals surface area contributed by atoms with E-state index in [1.54, 1.807) is 23.1 Å². The standard InChI is InChI=1S/C21H19NO5/c23-20(22-11-3-5-16-4-1-2-6-17(16)22)13-25-21(24)10-8-15-7-9-18-19(12-15)27-14-26-18/h1-2,4,6-10,12H,3,5,11,13-14H2/b10-8+. The molecule has 2 heterocycles. The number of carbonyl (C=O) groups is 2. The van der Waals surface area contributed by atoms with E-state index in [9.17, 15) is 9.59 Å². The Labute approximate surface area is 156 Å². The molecule has 6 nitrogen and oxygen atoms in total. The summed E-state index contributed by atoms with van der Waals surface area (Å²) >= 11 is 0. The second kappa shape index (κ2) is 7.53. The molecule has 0 saturated heterocycles. The number of hydrogen-bond donors (Lipinski definition) is 0. The van der Waals surface area contributed by atoms with Crippen LogP contribution in [0.3, 0.4) is 0 Å². The second-order valence-corrected chi connectivity index (χ2v) is 6.33. The Morgan fingerprint density at radius 1 is 1.11 bits per heavy atom. The minimum absolute atomic E-state index is 0.201. The fraction of sp³-hybridized carbons (Fsp3) is 0.238. The van der Waals surface area contributed by atoms with Gasteiger partial charge in [-0.05, 0) is 48.2 Å². The fourth-order valence-corrected chi connectivity index (χ4v) is 3.23. The zero-order chi connectivity index (χ0) is 18.6. The average molecular weight is 365 g/mol. The first-order chi connectivity index (χ1) is 13.2. The van der Waals surface area contributed by atoms with Crippen LogP contribution in [-0.4, -0.2) is 31.8 Å². The van der Waals surface area contributed by atoms with Gasteiger partial charge in [-0.2, -0.15) is 0 Å². The molecule has 0 aromatic heterocycles. The summed E-state index contributed by atoms with van der Waals surface area (Å²) in [4.78, 5) is 26.1. The average Bonchev–Trinajstić information content (AvgIpc) is 3.18. The summed E-state index contributed by atoms with van der Waals surface area (Å²) in [5.74, 6) is 0.546. The normalized spacial score (nSPS) is 14.9. The maximum Gasteiger partial charge on any atom is 0.331 e. The van der Waals surface area contributed by atoms with Gasteiger partial charge in [0.15, 0.2) is 18.1 Å². The Morgan fingerprint density at radius 2 is 1.96 bits per heavy atom. The van der Waals surface area contributed by atoms with Gasteiger partial charge in [-0.25, -0.2) is 4.79 Å². The highest BCUT2D eigenvalue weighted by Gasteiger charge is 2.22. The second-order valence-electron chi connectivity index (χ2n) is 6.33. The molecule has 0 spiro atoms. The quantitative estimate of drug-likeness (QED) is 0.616. The number of fused-ring (bicyclic) bond motifs is 2. The molecule has 4 rings (SSSR count). The Kier molecular flexibility index (Phi) is 4.78. The van der Waals surface area contributed by atoms with Crippen LogP contribution in [0.5, 0.6) is 11.5 Å². The molecule has 0 radical (unpaired) electrons. The first kappa shape index (κ1) is 17.1. The maximum absolute atomic E-state index is 12.5. The molecular weight excluding hydrogens is 346 g/mol. The van der Waals surface area contributed by atoms with Crippen molar-refractivity contribution in [3.63, 3.8) is 0 Å². The number of carbonyl (C=O) groups excluding carboxylic acids is 2. The van der Waals surface area contributed by atoms with Crippen LogP contribution in [0.1, 0.15) is 17.5 Å². The molecule has 0 bridgehead atoms. The van der Waals surface area contributed by atoms with Gasteiger partial charge in [-0.1, -0.05) is 24.3 Å². The number of para-hydroxylation sites is 1. The first-order valence-corrected chi connectivity index (χ1v) is 8.83. The molecule has 6 heteroatoms. The molecule has 0 atom stereocenters. The molecule has 2 aromatic rings. The third kappa shape index (κ3) is 3.79. The van der Waals surface area contributed by atoms with Crippen molar-refractivity contribution in [2.45, 2.75) is 12.8 Å². The van der Waals surface area contributed by atoms with E-state index in [0.29, 0.717) is 18.0 Å². The molecule has 0 N–H and O–H groups in total. The van der Waals surface area contributed by atoms with Crippen molar-refractivity contribution in [2.75, 3.05) is 24.8 Å². The van der Waals surface area contributed by atoms with Gasteiger partial charge < -0.3 is 19.1 Å². The number of rotatable bonds is 4. The summed E-state index contributed by atoms with van der Waals surface area (Å²) in [7, 11) is 0.